The lowest BCUT2D eigenvalue weighted by Crippen LogP contribution is -2.34. The number of hydrogen-bond donors (Lipinski definition) is 1. The molecule has 0 aliphatic carbocycles. The smallest absolute Gasteiger partial charge is 0.230 e. The van der Waals surface area contributed by atoms with Gasteiger partial charge in [0.25, 0.3) is 0 Å². The number of aromatic hydroxyl groups is 1. The standard InChI is InChI=1S/C22H19N3O2/c1-14-9-10-20(26)16(12-14)18-13-19-15-6-2-3-8-21(15)27-22(25(19)24-18)17-7-4-5-11-23-17/h2-12,19,22,26H,13H2,1H3/t19-,22-/m0/s1. The summed E-state index contributed by atoms with van der Waals surface area (Å²) in [5, 5.41) is 17.2. The van der Waals surface area contributed by atoms with Gasteiger partial charge in [0, 0.05) is 23.7 Å². The first-order valence-corrected chi connectivity index (χ1v) is 9.03. The van der Waals surface area contributed by atoms with Crippen LogP contribution in [0.5, 0.6) is 11.5 Å². The molecular formula is C22H19N3O2. The highest BCUT2D eigenvalue weighted by atomic mass is 16.5. The first-order valence-electron chi connectivity index (χ1n) is 9.03. The van der Waals surface area contributed by atoms with Crippen molar-refractivity contribution in [1.82, 2.24) is 9.99 Å². The van der Waals surface area contributed by atoms with Crippen molar-refractivity contribution in [2.45, 2.75) is 25.6 Å². The summed E-state index contributed by atoms with van der Waals surface area (Å²) in [6, 6.07) is 19.5. The van der Waals surface area contributed by atoms with E-state index in [1.165, 1.54) is 0 Å². The van der Waals surface area contributed by atoms with Crippen LogP contribution >= 0.6 is 0 Å². The van der Waals surface area contributed by atoms with Gasteiger partial charge in [0.05, 0.1) is 11.8 Å². The van der Waals surface area contributed by atoms with Crippen LogP contribution in [0.3, 0.4) is 0 Å². The van der Waals surface area contributed by atoms with Crippen molar-refractivity contribution < 1.29 is 9.84 Å². The van der Waals surface area contributed by atoms with Gasteiger partial charge in [-0.15, -0.1) is 0 Å². The highest BCUT2D eigenvalue weighted by Crippen LogP contribution is 2.47. The molecule has 1 N–H and O–H groups in total. The molecule has 2 aromatic carbocycles. The SMILES string of the molecule is Cc1ccc(O)c(C2=NN3[C@@H](C2)c2ccccc2O[C@H]3c2ccccn2)c1. The molecule has 0 radical (unpaired) electrons. The molecule has 2 atom stereocenters. The Balaban J connectivity index is 1.62. The van der Waals surface area contributed by atoms with Gasteiger partial charge in [0.2, 0.25) is 6.23 Å². The summed E-state index contributed by atoms with van der Waals surface area (Å²) < 4.78 is 6.26. The molecule has 5 rings (SSSR count). The molecule has 0 spiro atoms. The highest BCUT2D eigenvalue weighted by molar-refractivity contribution is 6.04. The largest absolute Gasteiger partial charge is 0.507 e. The van der Waals surface area contributed by atoms with Gasteiger partial charge in [-0.25, -0.2) is 5.01 Å². The average molecular weight is 357 g/mol. The van der Waals surface area contributed by atoms with E-state index < -0.39 is 6.23 Å². The Labute approximate surface area is 157 Å². The maximum absolute atomic E-state index is 10.4. The lowest BCUT2D eigenvalue weighted by atomic mass is 9.95. The fraction of sp³-hybridized carbons (Fsp3) is 0.182. The molecule has 5 nitrogen and oxygen atoms in total. The third-order valence-electron chi connectivity index (χ3n) is 5.10. The first-order chi connectivity index (χ1) is 13.2. The molecule has 27 heavy (non-hydrogen) atoms. The number of aromatic nitrogens is 1. The third-order valence-corrected chi connectivity index (χ3v) is 5.10. The maximum Gasteiger partial charge on any atom is 0.230 e. The van der Waals surface area contributed by atoms with E-state index in [1.807, 2.05) is 60.5 Å². The van der Waals surface area contributed by atoms with Gasteiger partial charge in [0.15, 0.2) is 0 Å². The zero-order chi connectivity index (χ0) is 18.4. The molecule has 5 heteroatoms. The fourth-order valence-electron chi connectivity index (χ4n) is 3.80. The van der Waals surface area contributed by atoms with Crippen LogP contribution in [0.15, 0.2) is 72.0 Å². The zero-order valence-corrected chi connectivity index (χ0v) is 14.9. The molecule has 0 unspecified atom stereocenters. The van der Waals surface area contributed by atoms with Crippen molar-refractivity contribution in [2.75, 3.05) is 0 Å². The number of aryl methyl sites for hydroxylation is 1. The van der Waals surface area contributed by atoms with Crippen LogP contribution in [0, 0.1) is 6.92 Å². The Hall–Kier alpha value is -3.34. The van der Waals surface area contributed by atoms with E-state index in [0.29, 0.717) is 6.42 Å². The van der Waals surface area contributed by atoms with Crippen LogP contribution in [0.1, 0.15) is 41.1 Å². The molecule has 0 saturated carbocycles. The summed E-state index contributed by atoms with van der Waals surface area (Å²) >= 11 is 0. The summed E-state index contributed by atoms with van der Waals surface area (Å²) in [5.74, 6) is 1.11. The Morgan fingerprint density at radius 1 is 1.07 bits per heavy atom. The second kappa shape index (κ2) is 6.13. The van der Waals surface area contributed by atoms with Gasteiger partial charge in [-0.05, 0) is 37.3 Å². The highest BCUT2D eigenvalue weighted by Gasteiger charge is 2.41. The van der Waals surface area contributed by atoms with Crippen LogP contribution in [-0.2, 0) is 0 Å². The average Bonchev–Trinajstić information content (AvgIpc) is 3.15. The van der Waals surface area contributed by atoms with Gasteiger partial charge in [-0.1, -0.05) is 35.9 Å². The second-order valence-corrected chi connectivity index (χ2v) is 6.93. The van der Waals surface area contributed by atoms with Gasteiger partial charge >= 0.3 is 0 Å². The molecule has 2 aliphatic rings. The molecule has 1 aromatic heterocycles. The number of benzene rings is 2. The lowest BCUT2D eigenvalue weighted by molar-refractivity contribution is -0.0218. The van der Waals surface area contributed by atoms with Gasteiger partial charge in [-0.2, -0.15) is 5.10 Å². The van der Waals surface area contributed by atoms with E-state index in [-0.39, 0.29) is 11.8 Å². The summed E-state index contributed by atoms with van der Waals surface area (Å²) in [7, 11) is 0. The quantitative estimate of drug-likeness (QED) is 0.741. The number of rotatable bonds is 2. The van der Waals surface area contributed by atoms with Crippen molar-refractivity contribution in [2.24, 2.45) is 5.10 Å². The normalized spacial score (nSPS) is 20.5. The van der Waals surface area contributed by atoms with Crippen LogP contribution in [-0.4, -0.2) is 20.8 Å². The molecule has 3 heterocycles. The summed E-state index contributed by atoms with van der Waals surface area (Å²) in [4.78, 5) is 4.48. The van der Waals surface area contributed by atoms with Crippen LogP contribution in [0.25, 0.3) is 0 Å². The van der Waals surface area contributed by atoms with Crippen molar-refractivity contribution in [1.29, 1.82) is 0 Å². The predicted octanol–water partition coefficient (Wildman–Crippen LogP) is 4.34. The Kier molecular flexibility index (Phi) is 3.60. The summed E-state index contributed by atoms with van der Waals surface area (Å²) in [6.45, 7) is 2.01. The summed E-state index contributed by atoms with van der Waals surface area (Å²) in [5.41, 5.74) is 4.66. The van der Waals surface area contributed by atoms with Crippen LogP contribution in [0.4, 0.5) is 0 Å². The van der Waals surface area contributed by atoms with E-state index in [0.717, 1.165) is 33.8 Å². The number of hydrazone groups is 1. The number of para-hydroxylation sites is 1. The molecule has 134 valence electrons. The molecule has 0 bridgehead atoms. The van der Waals surface area contributed by atoms with Gasteiger partial charge in [-0.3, -0.25) is 4.98 Å². The molecule has 0 saturated heterocycles. The molecular weight excluding hydrogens is 338 g/mol. The van der Waals surface area contributed by atoms with E-state index in [1.54, 1.807) is 12.3 Å². The van der Waals surface area contributed by atoms with Crippen molar-refractivity contribution in [3.63, 3.8) is 0 Å². The number of hydrogen-bond acceptors (Lipinski definition) is 5. The number of phenols is 1. The van der Waals surface area contributed by atoms with E-state index in [9.17, 15) is 5.11 Å². The molecule has 3 aromatic rings. The summed E-state index contributed by atoms with van der Waals surface area (Å²) in [6.07, 6.45) is 2.08. The monoisotopic (exact) mass is 357 g/mol. The van der Waals surface area contributed by atoms with E-state index in [4.69, 9.17) is 9.84 Å². The number of nitrogens with zero attached hydrogens (tertiary/aromatic N) is 3. The number of ether oxygens (including phenoxy) is 1. The van der Waals surface area contributed by atoms with E-state index in [2.05, 4.69) is 11.1 Å². The number of phenolic OH excluding ortho intramolecular Hbond substituents is 1. The molecule has 0 fully saturated rings. The molecule has 0 amide bonds. The number of pyridine rings is 1. The topological polar surface area (TPSA) is 58.0 Å². The minimum Gasteiger partial charge on any atom is -0.507 e. The Bertz CT molecular complexity index is 1030. The maximum atomic E-state index is 10.4. The lowest BCUT2D eigenvalue weighted by Gasteiger charge is -2.37. The van der Waals surface area contributed by atoms with Gasteiger partial charge < -0.3 is 9.84 Å². The van der Waals surface area contributed by atoms with Crippen LogP contribution < -0.4 is 4.74 Å². The Morgan fingerprint density at radius 3 is 2.78 bits per heavy atom. The zero-order valence-electron chi connectivity index (χ0n) is 14.9. The first kappa shape index (κ1) is 15.9. The van der Waals surface area contributed by atoms with Crippen molar-refractivity contribution >= 4 is 5.71 Å². The van der Waals surface area contributed by atoms with Gasteiger partial charge in [0.1, 0.15) is 17.2 Å². The van der Waals surface area contributed by atoms with Crippen molar-refractivity contribution in [3.8, 4) is 11.5 Å². The van der Waals surface area contributed by atoms with E-state index >= 15 is 0 Å². The number of fused-ring (bicyclic) bond motifs is 3. The predicted molar refractivity (Wildman–Crippen MR) is 103 cm³/mol. The third kappa shape index (κ3) is 2.63. The van der Waals surface area contributed by atoms with Crippen LogP contribution in [0.2, 0.25) is 0 Å². The minimum absolute atomic E-state index is 0.0527. The fourth-order valence-corrected chi connectivity index (χ4v) is 3.80. The second-order valence-electron chi connectivity index (χ2n) is 6.93. The minimum atomic E-state index is -0.393. The van der Waals surface area contributed by atoms with Crippen molar-refractivity contribution in [3.05, 3.63) is 89.2 Å². The Morgan fingerprint density at radius 2 is 1.93 bits per heavy atom. The molecule has 2 aliphatic heterocycles.